The predicted molar refractivity (Wildman–Crippen MR) is 113 cm³/mol. The smallest absolute Gasteiger partial charge is 0.254 e. The van der Waals surface area contributed by atoms with E-state index in [0.717, 1.165) is 12.8 Å². The highest BCUT2D eigenvalue weighted by atomic mass is 19.1. The molecule has 2 aliphatic rings. The van der Waals surface area contributed by atoms with E-state index < -0.39 is 17.8 Å². The topological polar surface area (TPSA) is 120 Å². The number of aromatic nitrogens is 2. The maximum Gasteiger partial charge on any atom is 0.254 e. The molecule has 0 saturated carbocycles. The molecule has 2 aliphatic heterocycles. The lowest BCUT2D eigenvalue weighted by Crippen LogP contribution is -2.37. The van der Waals surface area contributed by atoms with Crippen LogP contribution in [0.4, 0.5) is 15.9 Å². The van der Waals surface area contributed by atoms with Crippen LogP contribution < -0.4 is 21.1 Å². The third-order valence-electron chi connectivity index (χ3n) is 5.85. The van der Waals surface area contributed by atoms with Crippen LogP contribution in [-0.4, -0.2) is 52.7 Å². The number of fused-ring (bicyclic) bond motifs is 1. The molecule has 4 rings (SSSR count). The number of benzene rings is 1. The van der Waals surface area contributed by atoms with E-state index in [1.165, 1.54) is 16.8 Å². The minimum Gasteiger partial charge on any atom is -0.477 e. The number of nitrogens with two attached hydrogens (primary N) is 2. The average Bonchev–Trinajstić information content (AvgIpc) is 3.33. The Hall–Kier alpha value is -3.56. The lowest BCUT2D eigenvalue weighted by Gasteiger charge is -2.33. The van der Waals surface area contributed by atoms with Gasteiger partial charge in [0.2, 0.25) is 5.91 Å². The normalized spacial score (nSPS) is 20.3. The van der Waals surface area contributed by atoms with Crippen LogP contribution in [0.2, 0.25) is 0 Å². The van der Waals surface area contributed by atoms with Crippen molar-refractivity contribution in [3.8, 4) is 5.75 Å². The van der Waals surface area contributed by atoms with Gasteiger partial charge in [-0.3, -0.25) is 9.59 Å². The summed E-state index contributed by atoms with van der Waals surface area (Å²) < 4.78 is 21.7. The first-order valence-corrected chi connectivity index (χ1v) is 10.1. The number of ether oxygens (including phenoxy) is 1. The number of hydrogen-bond acceptors (Lipinski definition) is 6. The molecule has 1 aromatic carbocycles. The summed E-state index contributed by atoms with van der Waals surface area (Å²) >= 11 is 0. The largest absolute Gasteiger partial charge is 0.477 e. The Morgan fingerprint density at radius 1 is 1.42 bits per heavy atom. The molecule has 31 heavy (non-hydrogen) atoms. The van der Waals surface area contributed by atoms with Crippen molar-refractivity contribution in [1.29, 1.82) is 0 Å². The standard InChI is InChI=1S/C21H25FN6O3/c1-3-16(29)27-9-5-6-12(27)10-28-20(23)17(21(24)30)18(25-28)15-11-26(2)14-8-4-7-13(22)19(14)31-15/h3-4,7-8,12,15H,1,5-6,9-11,23H2,2H3,(H2,24,30)/t12-,15?/m0/s1. The number of nitrogen functional groups attached to an aromatic ring is 1. The van der Waals surface area contributed by atoms with E-state index in [9.17, 15) is 14.0 Å². The zero-order chi connectivity index (χ0) is 22.3. The molecule has 2 amide bonds. The summed E-state index contributed by atoms with van der Waals surface area (Å²) in [6.45, 7) is 4.81. The summed E-state index contributed by atoms with van der Waals surface area (Å²) in [5, 5.41) is 4.53. The summed E-state index contributed by atoms with van der Waals surface area (Å²) in [6, 6.07) is 4.53. The first-order chi connectivity index (χ1) is 14.8. The maximum atomic E-state index is 14.4. The molecule has 0 bridgehead atoms. The van der Waals surface area contributed by atoms with Gasteiger partial charge < -0.3 is 26.0 Å². The zero-order valence-electron chi connectivity index (χ0n) is 17.3. The van der Waals surface area contributed by atoms with Gasteiger partial charge in [0.05, 0.1) is 24.8 Å². The lowest BCUT2D eigenvalue weighted by atomic mass is 10.1. The van der Waals surface area contributed by atoms with Gasteiger partial charge in [-0.05, 0) is 31.1 Å². The first-order valence-electron chi connectivity index (χ1n) is 10.1. The van der Waals surface area contributed by atoms with Crippen LogP contribution in [0, 0.1) is 5.82 Å². The highest BCUT2D eigenvalue weighted by molar-refractivity contribution is 5.98. The molecule has 0 aliphatic carbocycles. The third kappa shape index (κ3) is 3.58. The minimum atomic E-state index is -0.741. The second-order valence-electron chi connectivity index (χ2n) is 7.80. The van der Waals surface area contributed by atoms with Crippen molar-refractivity contribution in [3.05, 3.63) is 47.9 Å². The van der Waals surface area contributed by atoms with Crippen LogP contribution in [0.5, 0.6) is 5.75 Å². The molecular formula is C21H25FN6O3. The van der Waals surface area contributed by atoms with Crippen LogP contribution in [0.15, 0.2) is 30.9 Å². The van der Waals surface area contributed by atoms with E-state index >= 15 is 0 Å². The van der Waals surface area contributed by atoms with E-state index in [0.29, 0.717) is 25.3 Å². The van der Waals surface area contributed by atoms with Crippen LogP contribution in [0.3, 0.4) is 0 Å². The third-order valence-corrected chi connectivity index (χ3v) is 5.85. The maximum absolute atomic E-state index is 14.4. The number of nitrogens with zero attached hydrogens (tertiary/aromatic N) is 4. The molecule has 3 heterocycles. The van der Waals surface area contributed by atoms with E-state index in [-0.39, 0.29) is 34.8 Å². The average molecular weight is 428 g/mol. The van der Waals surface area contributed by atoms with E-state index in [2.05, 4.69) is 11.7 Å². The molecular weight excluding hydrogens is 403 g/mol. The van der Waals surface area contributed by atoms with E-state index in [1.807, 2.05) is 4.90 Å². The Kier molecular flexibility index (Phi) is 5.30. The van der Waals surface area contributed by atoms with E-state index in [1.54, 1.807) is 24.1 Å². The van der Waals surface area contributed by atoms with Crippen LogP contribution >= 0.6 is 0 Å². The predicted octanol–water partition coefficient (Wildman–Crippen LogP) is 1.45. The summed E-state index contributed by atoms with van der Waals surface area (Å²) in [5.41, 5.74) is 12.8. The van der Waals surface area contributed by atoms with Gasteiger partial charge in [-0.1, -0.05) is 12.6 Å². The number of anilines is 2. The number of halogens is 1. The SMILES string of the molecule is C=CC(=O)N1CCC[C@H]1Cn1nc(C2CN(C)c3cccc(F)c3O2)c(C(N)=O)c1N. The fourth-order valence-corrected chi connectivity index (χ4v) is 4.33. The van der Waals surface area contributed by atoms with Crippen LogP contribution in [0.25, 0.3) is 0 Å². The molecule has 4 N–H and O–H groups in total. The van der Waals surface area contributed by atoms with Gasteiger partial charge in [0.1, 0.15) is 17.1 Å². The number of likely N-dealkylation sites (N-methyl/N-ethyl adjacent to an activating group) is 1. The quantitative estimate of drug-likeness (QED) is 0.696. The number of likely N-dealkylation sites (tertiary alicyclic amines) is 1. The van der Waals surface area contributed by atoms with Crippen LogP contribution in [-0.2, 0) is 11.3 Å². The van der Waals surface area contributed by atoms with Crippen molar-refractivity contribution in [2.75, 3.05) is 30.8 Å². The Balaban J connectivity index is 1.68. The highest BCUT2D eigenvalue weighted by Crippen LogP contribution is 2.40. The van der Waals surface area contributed by atoms with Gasteiger partial charge >= 0.3 is 0 Å². The summed E-state index contributed by atoms with van der Waals surface area (Å²) in [4.78, 5) is 27.9. The zero-order valence-corrected chi connectivity index (χ0v) is 17.3. The first kappa shape index (κ1) is 20.7. The van der Waals surface area contributed by atoms with Gasteiger partial charge in [-0.2, -0.15) is 5.10 Å². The fraction of sp³-hybridized carbons (Fsp3) is 0.381. The molecule has 1 fully saturated rings. The number of hydrogen-bond donors (Lipinski definition) is 2. The Morgan fingerprint density at radius 2 is 2.19 bits per heavy atom. The number of rotatable bonds is 5. The molecule has 10 heteroatoms. The number of carbonyl (C=O) groups is 2. The number of carbonyl (C=O) groups excluding carboxylic acids is 2. The summed E-state index contributed by atoms with van der Waals surface area (Å²) in [6.07, 6.45) is 2.17. The summed E-state index contributed by atoms with van der Waals surface area (Å²) in [7, 11) is 1.80. The second-order valence-corrected chi connectivity index (χ2v) is 7.80. The number of primary amides is 1. The van der Waals surface area contributed by atoms with Crippen molar-refractivity contribution in [3.63, 3.8) is 0 Å². The van der Waals surface area contributed by atoms with Crippen molar-refractivity contribution < 1.29 is 18.7 Å². The molecule has 164 valence electrons. The number of para-hydroxylation sites is 1. The molecule has 1 aromatic heterocycles. The lowest BCUT2D eigenvalue weighted by molar-refractivity contribution is -0.127. The van der Waals surface area contributed by atoms with Gasteiger partial charge in [-0.15, -0.1) is 0 Å². The molecule has 0 radical (unpaired) electrons. The van der Waals surface area contributed by atoms with Crippen LogP contribution in [0.1, 0.15) is 35.0 Å². The highest BCUT2D eigenvalue weighted by Gasteiger charge is 2.35. The van der Waals surface area contributed by atoms with Crippen molar-refractivity contribution in [2.24, 2.45) is 5.73 Å². The van der Waals surface area contributed by atoms with Gasteiger partial charge in [0, 0.05) is 13.6 Å². The van der Waals surface area contributed by atoms with Crippen molar-refractivity contribution >= 4 is 23.3 Å². The van der Waals surface area contributed by atoms with Gasteiger partial charge in [0.25, 0.3) is 5.91 Å². The van der Waals surface area contributed by atoms with Crippen molar-refractivity contribution in [1.82, 2.24) is 14.7 Å². The van der Waals surface area contributed by atoms with Gasteiger partial charge in [0.15, 0.2) is 17.7 Å². The monoisotopic (exact) mass is 428 g/mol. The Bertz CT molecular complexity index is 1050. The van der Waals surface area contributed by atoms with Crippen molar-refractivity contribution in [2.45, 2.75) is 31.5 Å². The van der Waals surface area contributed by atoms with E-state index in [4.69, 9.17) is 16.2 Å². The number of amides is 2. The second kappa shape index (κ2) is 7.93. The molecule has 9 nitrogen and oxygen atoms in total. The summed E-state index contributed by atoms with van der Waals surface area (Å²) in [5.74, 6) is -1.22. The molecule has 1 saturated heterocycles. The van der Waals surface area contributed by atoms with Gasteiger partial charge in [-0.25, -0.2) is 9.07 Å². The molecule has 2 atom stereocenters. The fourth-order valence-electron chi connectivity index (χ4n) is 4.33. The molecule has 1 unspecified atom stereocenters. The molecule has 2 aromatic rings. The minimum absolute atomic E-state index is 0.0535. The Morgan fingerprint density at radius 3 is 2.90 bits per heavy atom. The Labute approximate surface area is 179 Å². The molecule has 0 spiro atoms.